The van der Waals surface area contributed by atoms with Crippen LogP contribution < -0.4 is 0 Å². The van der Waals surface area contributed by atoms with Crippen LogP contribution in [0.3, 0.4) is 0 Å². The Labute approximate surface area is 149 Å². The fraction of sp³-hybridized carbons (Fsp3) is 0.250. The van der Waals surface area contributed by atoms with Gasteiger partial charge in [-0.25, -0.2) is 0 Å². The first-order chi connectivity index (χ1) is 12.2. The number of hydrogen-bond donors (Lipinski definition) is 2. The number of carbonyl (C=O) groups excluding carboxylic acids is 3. The fourth-order valence-corrected chi connectivity index (χ4v) is 4.57. The number of Topliss-reactive ketones (excluding diaryl/α,β-unsaturated/α-hetero) is 2. The van der Waals surface area contributed by atoms with Gasteiger partial charge in [-0.3, -0.25) is 14.4 Å². The van der Waals surface area contributed by atoms with Crippen LogP contribution in [0.15, 0.2) is 53.3 Å². The molecule has 1 aliphatic heterocycles. The number of aliphatic hydroxyl groups is 2. The van der Waals surface area contributed by atoms with Crippen molar-refractivity contribution in [2.75, 3.05) is 7.05 Å². The van der Waals surface area contributed by atoms with Gasteiger partial charge in [-0.05, 0) is 26.0 Å². The second-order valence-electron chi connectivity index (χ2n) is 6.85. The lowest BCUT2D eigenvalue weighted by Gasteiger charge is -2.48. The molecular formula is C20H17NO5. The predicted octanol–water partition coefficient (Wildman–Crippen LogP) is 1.77. The number of rotatable bonds is 1. The van der Waals surface area contributed by atoms with Gasteiger partial charge in [0.2, 0.25) is 0 Å². The van der Waals surface area contributed by atoms with Crippen molar-refractivity contribution in [1.29, 1.82) is 0 Å². The largest absolute Gasteiger partial charge is 0.507 e. The van der Waals surface area contributed by atoms with Gasteiger partial charge in [0, 0.05) is 29.4 Å². The number of allylic oxidation sites excluding steroid dienone is 2. The minimum Gasteiger partial charge on any atom is -0.507 e. The van der Waals surface area contributed by atoms with E-state index in [9.17, 15) is 24.6 Å². The highest BCUT2D eigenvalue weighted by atomic mass is 16.3. The molecule has 6 nitrogen and oxygen atoms in total. The molecule has 0 radical (unpaired) electrons. The van der Waals surface area contributed by atoms with Crippen LogP contribution in [0, 0.1) is 5.41 Å². The summed E-state index contributed by atoms with van der Waals surface area (Å²) in [6, 6.07) is 6.33. The SMILES string of the molecule is CC(=O)C1=C(C)N(C)C2(O)C=CC(=O)C3=C(O)c4ccccc4C(=O)C312. The van der Waals surface area contributed by atoms with E-state index in [1.165, 1.54) is 30.0 Å². The normalized spacial score (nSPS) is 29.8. The van der Waals surface area contributed by atoms with Gasteiger partial charge in [-0.1, -0.05) is 24.3 Å². The van der Waals surface area contributed by atoms with Gasteiger partial charge >= 0.3 is 0 Å². The first-order valence-corrected chi connectivity index (χ1v) is 8.19. The Morgan fingerprint density at radius 1 is 1.15 bits per heavy atom. The summed E-state index contributed by atoms with van der Waals surface area (Å²) in [7, 11) is 1.55. The molecule has 0 bridgehead atoms. The lowest BCUT2D eigenvalue weighted by atomic mass is 9.56. The van der Waals surface area contributed by atoms with Crippen molar-refractivity contribution in [1.82, 2.24) is 4.90 Å². The van der Waals surface area contributed by atoms with Crippen molar-refractivity contribution >= 4 is 23.1 Å². The van der Waals surface area contributed by atoms with E-state index in [2.05, 4.69) is 0 Å². The third-order valence-corrected chi connectivity index (χ3v) is 5.75. The summed E-state index contributed by atoms with van der Waals surface area (Å²) >= 11 is 0. The smallest absolute Gasteiger partial charge is 0.186 e. The number of hydrogen-bond acceptors (Lipinski definition) is 6. The monoisotopic (exact) mass is 351 g/mol. The lowest BCUT2D eigenvalue weighted by molar-refractivity contribution is -0.121. The van der Waals surface area contributed by atoms with Crippen LogP contribution in [0.1, 0.15) is 29.8 Å². The number of benzene rings is 1. The van der Waals surface area contributed by atoms with Crippen molar-refractivity contribution in [2.24, 2.45) is 5.41 Å². The highest BCUT2D eigenvalue weighted by Gasteiger charge is 2.71. The molecule has 1 heterocycles. The summed E-state index contributed by atoms with van der Waals surface area (Å²) in [5, 5.41) is 22.4. The van der Waals surface area contributed by atoms with Crippen molar-refractivity contribution in [2.45, 2.75) is 19.6 Å². The van der Waals surface area contributed by atoms with E-state index >= 15 is 0 Å². The molecule has 0 fully saturated rings. The zero-order chi connectivity index (χ0) is 19.0. The summed E-state index contributed by atoms with van der Waals surface area (Å²) in [5.74, 6) is -1.99. The topological polar surface area (TPSA) is 94.9 Å². The van der Waals surface area contributed by atoms with Gasteiger partial charge in [0.25, 0.3) is 0 Å². The van der Waals surface area contributed by atoms with Gasteiger partial charge in [-0.2, -0.15) is 0 Å². The molecule has 2 atom stereocenters. The first kappa shape index (κ1) is 16.5. The second-order valence-corrected chi connectivity index (χ2v) is 6.85. The Balaban J connectivity index is 2.24. The molecule has 1 aromatic carbocycles. The highest BCUT2D eigenvalue weighted by molar-refractivity contribution is 6.27. The van der Waals surface area contributed by atoms with E-state index < -0.39 is 28.5 Å². The molecule has 2 unspecified atom stereocenters. The van der Waals surface area contributed by atoms with Crippen LogP contribution in [0.25, 0.3) is 5.76 Å². The molecule has 1 spiro atoms. The van der Waals surface area contributed by atoms with Gasteiger partial charge < -0.3 is 15.1 Å². The van der Waals surface area contributed by atoms with E-state index in [0.29, 0.717) is 5.70 Å². The van der Waals surface area contributed by atoms with Gasteiger partial charge in [0.15, 0.2) is 23.1 Å². The zero-order valence-corrected chi connectivity index (χ0v) is 14.5. The maximum absolute atomic E-state index is 13.7. The molecule has 4 rings (SSSR count). The molecule has 2 N–H and O–H groups in total. The van der Waals surface area contributed by atoms with Crippen molar-refractivity contribution in [3.05, 3.63) is 64.4 Å². The number of nitrogens with zero attached hydrogens (tertiary/aromatic N) is 1. The second kappa shape index (κ2) is 4.80. The van der Waals surface area contributed by atoms with Crippen LogP contribution in [-0.4, -0.2) is 45.2 Å². The Bertz CT molecular complexity index is 1010. The van der Waals surface area contributed by atoms with E-state index in [0.717, 1.165) is 6.08 Å². The van der Waals surface area contributed by atoms with E-state index in [1.54, 1.807) is 26.1 Å². The maximum Gasteiger partial charge on any atom is 0.186 e. The van der Waals surface area contributed by atoms with Crippen LogP contribution in [-0.2, 0) is 9.59 Å². The summed E-state index contributed by atoms with van der Waals surface area (Å²) in [4.78, 5) is 40.3. The summed E-state index contributed by atoms with van der Waals surface area (Å²) < 4.78 is 0. The third kappa shape index (κ3) is 1.50. The molecule has 26 heavy (non-hydrogen) atoms. The van der Waals surface area contributed by atoms with Crippen molar-refractivity contribution in [3.8, 4) is 0 Å². The molecule has 0 saturated carbocycles. The van der Waals surface area contributed by atoms with Crippen LogP contribution in [0.5, 0.6) is 0 Å². The molecule has 0 aromatic heterocycles. The average molecular weight is 351 g/mol. The zero-order valence-electron chi connectivity index (χ0n) is 14.5. The van der Waals surface area contributed by atoms with E-state index in [1.807, 2.05) is 0 Å². The highest BCUT2D eigenvalue weighted by Crippen LogP contribution is 2.61. The molecule has 2 aliphatic carbocycles. The third-order valence-electron chi connectivity index (χ3n) is 5.75. The van der Waals surface area contributed by atoms with Crippen LogP contribution in [0.2, 0.25) is 0 Å². The molecular weight excluding hydrogens is 334 g/mol. The van der Waals surface area contributed by atoms with Crippen LogP contribution >= 0.6 is 0 Å². The van der Waals surface area contributed by atoms with E-state index in [4.69, 9.17) is 0 Å². The molecule has 0 saturated heterocycles. The minimum atomic E-state index is -1.98. The van der Waals surface area contributed by atoms with E-state index in [-0.39, 0.29) is 28.0 Å². The quantitative estimate of drug-likeness (QED) is 0.801. The number of carbonyl (C=O) groups is 3. The number of aliphatic hydroxyl groups excluding tert-OH is 1. The number of fused-ring (bicyclic) bond motifs is 1. The Morgan fingerprint density at radius 2 is 1.77 bits per heavy atom. The standard InChI is InChI=1S/C20H17NO5/c1-10-15(11(2)22)20-16(14(23)8-9-19(20,26)21(10)3)17(24)12-6-4-5-7-13(12)18(20)25/h4-9,24,26H,1-3H3. The lowest BCUT2D eigenvalue weighted by Crippen LogP contribution is -2.62. The average Bonchev–Trinajstić information content (AvgIpc) is 2.78. The predicted molar refractivity (Wildman–Crippen MR) is 93.0 cm³/mol. The Hall–Kier alpha value is -2.99. The maximum atomic E-state index is 13.7. The summed E-state index contributed by atoms with van der Waals surface area (Å²) in [6.07, 6.45) is 2.37. The molecule has 3 aliphatic rings. The molecule has 1 aromatic rings. The van der Waals surface area contributed by atoms with Crippen molar-refractivity contribution < 1.29 is 24.6 Å². The van der Waals surface area contributed by atoms with Gasteiger partial charge in [0.05, 0.1) is 5.57 Å². The Morgan fingerprint density at radius 3 is 2.38 bits per heavy atom. The molecule has 0 amide bonds. The first-order valence-electron chi connectivity index (χ1n) is 8.19. The summed E-state index contributed by atoms with van der Waals surface area (Å²) in [6.45, 7) is 2.90. The summed E-state index contributed by atoms with van der Waals surface area (Å²) in [5.41, 5.74) is -3.39. The molecule has 6 heteroatoms. The molecule has 132 valence electrons. The van der Waals surface area contributed by atoms with Crippen molar-refractivity contribution in [3.63, 3.8) is 0 Å². The van der Waals surface area contributed by atoms with Gasteiger partial charge in [-0.15, -0.1) is 0 Å². The fourth-order valence-electron chi connectivity index (χ4n) is 4.57. The minimum absolute atomic E-state index is 0.0289. The number of likely N-dealkylation sites (N-methyl/N-ethyl adjacent to an activating group) is 1. The van der Waals surface area contributed by atoms with Gasteiger partial charge in [0.1, 0.15) is 11.2 Å². The Kier molecular flexibility index (Phi) is 3.04. The number of ketones is 3. The van der Waals surface area contributed by atoms with Crippen LogP contribution in [0.4, 0.5) is 0 Å².